The SMILES string of the molecule is CN(C)C(=O)C[NH+](C)CC(=O)Nc1cc(S(=O)(=O)N(C)C)ccc1Cl. The number of hydrogen-bond donors (Lipinski definition) is 2. The summed E-state index contributed by atoms with van der Waals surface area (Å²) in [6.07, 6.45) is 0. The highest BCUT2D eigenvalue weighted by Gasteiger charge is 2.20. The number of hydrogen-bond acceptors (Lipinski definition) is 4. The average molecular weight is 392 g/mol. The Hall–Kier alpha value is -1.68. The summed E-state index contributed by atoms with van der Waals surface area (Å²) in [5, 5.41) is 2.83. The van der Waals surface area contributed by atoms with Crippen molar-refractivity contribution in [2.45, 2.75) is 4.90 Å². The number of rotatable bonds is 7. The molecule has 8 nitrogen and oxygen atoms in total. The summed E-state index contributed by atoms with van der Waals surface area (Å²) in [5.41, 5.74) is 0.210. The normalized spacial score (nSPS) is 12.8. The van der Waals surface area contributed by atoms with Gasteiger partial charge in [0, 0.05) is 28.2 Å². The molecule has 140 valence electrons. The number of quaternary nitrogens is 1. The Bertz CT molecular complexity index is 750. The molecule has 1 rings (SSSR count). The van der Waals surface area contributed by atoms with Gasteiger partial charge in [-0.15, -0.1) is 0 Å². The van der Waals surface area contributed by atoms with Crippen molar-refractivity contribution in [3.8, 4) is 0 Å². The van der Waals surface area contributed by atoms with E-state index in [4.69, 9.17) is 11.6 Å². The molecule has 1 aromatic rings. The first-order valence-corrected chi connectivity index (χ1v) is 9.30. The number of carbonyl (C=O) groups excluding carboxylic acids is 2. The zero-order chi connectivity index (χ0) is 19.4. The Morgan fingerprint density at radius 3 is 2.28 bits per heavy atom. The van der Waals surface area contributed by atoms with E-state index in [2.05, 4.69) is 5.32 Å². The van der Waals surface area contributed by atoms with Crippen molar-refractivity contribution in [2.75, 3.05) is 53.6 Å². The van der Waals surface area contributed by atoms with Gasteiger partial charge in [-0.2, -0.15) is 0 Å². The number of halogens is 1. The van der Waals surface area contributed by atoms with Crippen molar-refractivity contribution in [3.05, 3.63) is 23.2 Å². The van der Waals surface area contributed by atoms with Crippen molar-refractivity contribution < 1.29 is 22.9 Å². The second kappa shape index (κ2) is 8.61. The zero-order valence-electron chi connectivity index (χ0n) is 15.0. The Kier molecular flexibility index (Phi) is 7.36. The first-order chi connectivity index (χ1) is 11.4. The minimum Gasteiger partial charge on any atom is -0.344 e. The van der Waals surface area contributed by atoms with Gasteiger partial charge in [0.25, 0.3) is 11.8 Å². The lowest BCUT2D eigenvalue weighted by molar-refractivity contribution is -0.862. The fraction of sp³-hybridized carbons (Fsp3) is 0.467. The van der Waals surface area contributed by atoms with Gasteiger partial charge in [0.15, 0.2) is 13.1 Å². The lowest BCUT2D eigenvalue weighted by Gasteiger charge is -2.17. The van der Waals surface area contributed by atoms with E-state index in [1.54, 1.807) is 21.1 Å². The first-order valence-electron chi connectivity index (χ1n) is 7.48. The van der Waals surface area contributed by atoms with E-state index >= 15 is 0 Å². The molecule has 1 unspecified atom stereocenters. The van der Waals surface area contributed by atoms with Gasteiger partial charge in [0.05, 0.1) is 22.7 Å². The quantitative estimate of drug-likeness (QED) is 0.632. The van der Waals surface area contributed by atoms with Gasteiger partial charge in [-0.1, -0.05) is 11.6 Å². The molecule has 1 atom stereocenters. The smallest absolute Gasteiger partial charge is 0.279 e. The predicted octanol–water partition coefficient (Wildman–Crippen LogP) is -0.868. The minimum absolute atomic E-state index is 0.0284. The van der Waals surface area contributed by atoms with Crippen LogP contribution >= 0.6 is 11.6 Å². The number of likely N-dealkylation sites (N-methyl/N-ethyl adjacent to an activating group) is 2. The summed E-state index contributed by atoms with van der Waals surface area (Å²) in [4.78, 5) is 26.0. The molecule has 0 saturated carbocycles. The van der Waals surface area contributed by atoms with Gasteiger partial charge in [-0.25, -0.2) is 12.7 Å². The van der Waals surface area contributed by atoms with Crippen molar-refractivity contribution in [3.63, 3.8) is 0 Å². The Labute approximate surface area is 153 Å². The molecule has 0 heterocycles. The van der Waals surface area contributed by atoms with E-state index in [0.717, 1.165) is 4.31 Å². The van der Waals surface area contributed by atoms with Crippen LogP contribution in [0.3, 0.4) is 0 Å². The maximum Gasteiger partial charge on any atom is 0.279 e. The lowest BCUT2D eigenvalue weighted by atomic mass is 10.3. The molecular formula is C15H24ClN4O4S+. The zero-order valence-corrected chi connectivity index (χ0v) is 16.5. The van der Waals surface area contributed by atoms with Gasteiger partial charge in [-0.3, -0.25) is 9.59 Å². The summed E-state index contributed by atoms with van der Waals surface area (Å²) >= 11 is 6.04. The maximum atomic E-state index is 12.2. The highest BCUT2D eigenvalue weighted by molar-refractivity contribution is 7.89. The molecule has 2 N–H and O–H groups in total. The summed E-state index contributed by atoms with van der Waals surface area (Å²) in [6, 6.07) is 4.11. The number of nitrogens with zero attached hydrogens (tertiary/aromatic N) is 2. The summed E-state index contributed by atoms with van der Waals surface area (Å²) in [5.74, 6) is -0.465. The van der Waals surface area contributed by atoms with Crippen LogP contribution in [0.4, 0.5) is 5.69 Å². The number of benzene rings is 1. The van der Waals surface area contributed by atoms with Crippen molar-refractivity contribution >= 4 is 39.1 Å². The summed E-state index contributed by atoms with van der Waals surface area (Å²) < 4.78 is 25.4. The second-order valence-electron chi connectivity index (χ2n) is 6.08. The van der Waals surface area contributed by atoms with Gasteiger partial charge in [0.1, 0.15) is 0 Å². The predicted molar refractivity (Wildman–Crippen MR) is 96.3 cm³/mol. The fourth-order valence-electron chi connectivity index (χ4n) is 1.92. The molecule has 0 spiro atoms. The van der Waals surface area contributed by atoms with E-state index in [0.29, 0.717) is 4.90 Å². The Morgan fingerprint density at radius 1 is 1.16 bits per heavy atom. The monoisotopic (exact) mass is 391 g/mol. The molecule has 0 aliphatic carbocycles. The van der Waals surface area contributed by atoms with Crippen LogP contribution in [0, 0.1) is 0 Å². The number of nitrogens with one attached hydrogen (secondary N) is 2. The van der Waals surface area contributed by atoms with Crippen molar-refractivity contribution in [1.29, 1.82) is 0 Å². The van der Waals surface area contributed by atoms with E-state index in [-0.39, 0.29) is 40.5 Å². The molecule has 0 aromatic heterocycles. The third-order valence-electron chi connectivity index (χ3n) is 3.40. The molecule has 1 aromatic carbocycles. The van der Waals surface area contributed by atoms with Gasteiger partial charge >= 0.3 is 0 Å². The van der Waals surface area contributed by atoms with Crippen LogP contribution in [-0.2, 0) is 19.6 Å². The molecular weight excluding hydrogens is 368 g/mol. The number of amides is 2. The van der Waals surface area contributed by atoms with Crippen LogP contribution in [0.5, 0.6) is 0 Å². The first kappa shape index (κ1) is 21.4. The largest absolute Gasteiger partial charge is 0.344 e. The van der Waals surface area contributed by atoms with Crippen molar-refractivity contribution in [1.82, 2.24) is 9.21 Å². The molecule has 0 bridgehead atoms. The number of anilines is 1. The third-order valence-corrected chi connectivity index (χ3v) is 5.55. The Morgan fingerprint density at radius 2 is 1.76 bits per heavy atom. The number of carbonyl (C=O) groups is 2. The van der Waals surface area contributed by atoms with Gasteiger partial charge < -0.3 is 15.1 Å². The fourth-order valence-corrected chi connectivity index (χ4v) is 3.01. The second-order valence-corrected chi connectivity index (χ2v) is 8.64. The molecule has 0 aliphatic heterocycles. The Balaban J connectivity index is 2.86. The van der Waals surface area contributed by atoms with E-state index in [1.165, 1.54) is 37.2 Å². The van der Waals surface area contributed by atoms with E-state index in [1.807, 2.05) is 0 Å². The van der Waals surface area contributed by atoms with Crippen LogP contribution in [0.1, 0.15) is 0 Å². The van der Waals surface area contributed by atoms with Crippen molar-refractivity contribution in [2.24, 2.45) is 0 Å². The molecule has 10 heteroatoms. The molecule has 0 aliphatic rings. The summed E-state index contributed by atoms with van der Waals surface area (Å²) in [7, 11) is 4.21. The van der Waals surface area contributed by atoms with Crippen LogP contribution in [0.2, 0.25) is 5.02 Å². The molecule has 0 fully saturated rings. The van der Waals surface area contributed by atoms with Crippen LogP contribution in [0.25, 0.3) is 0 Å². The van der Waals surface area contributed by atoms with Gasteiger partial charge in [0.2, 0.25) is 10.0 Å². The highest BCUT2D eigenvalue weighted by atomic mass is 35.5. The summed E-state index contributed by atoms with van der Waals surface area (Å²) in [6.45, 7) is 0.212. The molecule has 0 saturated heterocycles. The average Bonchev–Trinajstić information content (AvgIpc) is 2.48. The topological polar surface area (TPSA) is 91.2 Å². The van der Waals surface area contributed by atoms with Crippen LogP contribution < -0.4 is 10.2 Å². The minimum atomic E-state index is -3.63. The maximum absolute atomic E-state index is 12.2. The van der Waals surface area contributed by atoms with Crippen LogP contribution in [-0.4, -0.2) is 77.8 Å². The molecule has 0 radical (unpaired) electrons. The molecule has 25 heavy (non-hydrogen) atoms. The third kappa shape index (κ3) is 5.96. The number of sulfonamides is 1. The standard InChI is InChI=1S/C15H23ClN4O4S/c1-18(2)15(22)10-20(5)9-14(21)17-13-8-11(6-7-12(13)16)25(23,24)19(3)4/h6-8H,9-10H2,1-5H3,(H,17,21)/p+1. The molecule has 2 amide bonds. The van der Waals surface area contributed by atoms with Crippen LogP contribution in [0.15, 0.2) is 23.1 Å². The highest BCUT2D eigenvalue weighted by Crippen LogP contribution is 2.26. The van der Waals surface area contributed by atoms with E-state index in [9.17, 15) is 18.0 Å². The van der Waals surface area contributed by atoms with Gasteiger partial charge in [-0.05, 0) is 18.2 Å². The van der Waals surface area contributed by atoms with E-state index < -0.39 is 10.0 Å². The lowest BCUT2D eigenvalue weighted by Crippen LogP contribution is -3.11.